The molecule has 0 amide bonds. The fourth-order valence-electron chi connectivity index (χ4n) is 2.31. The zero-order valence-electron chi connectivity index (χ0n) is 9.49. The van der Waals surface area contributed by atoms with Gasteiger partial charge >= 0.3 is 0 Å². The smallest absolute Gasteiger partial charge is 0.0873 e. The summed E-state index contributed by atoms with van der Waals surface area (Å²) < 4.78 is 0. The number of nitrogens with zero attached hydrogens (tertiary/aromatic N) is 1. The Morgan fingerprint density at radius 3 is 2.67 bits per heavy atom. The minimum absolute atomic E-state index is 0.158. The van der Waals surface area contributed by atoms with Crippen molar-refractivity contribution in [1.29, 1.82) is 0 Å². The highest BCUT2D eigenvalue weighted by molar-refractivity contribution is 6.03. The van der Waals surface area contributed by atoms with Crippen molar-refractivity contribution < 1.29 is 5.21 Å². The topological polar surface area (TPSA) is 32.6 Å². The van der Waals surface area contributed by atoms with Gasteiger partial charge in [0, 0.05) is 5.56 Å². The molecule has 1 N–H and O–H groups in total. The van der Waals surface area contributed by atoms with Crippen LogP contribution in [0, 0.1) is 5.92 Å². The molecule has 0 saturated heterocycles. The molecule has 0 saturated carbocycles. The Morgan fingerprint density at radius 1 is 1.33 bits per heavy atom. The zero-order chi connectivity index (χ0) is 11.1. The summed E-state index contributed by atoms with van der Waals surface area (Å²) in [6.07, 6.45) is 0.848. The molecule has 0 fully saturated rings. The Kier molecular flexibility index (Phi) is 2.29. The van der Waals surface area contributed by atoms with Crippen LogP contribution >= 0.6 is 0 Å². The molecule has 2 nitrogen and oxygen atoms in total. The number of oxime groups is 1. The summed E-state index contributed by atoms with van der Waals surface area (Å²) in [5.41, 5.74) is 3.36. The summed E-state index contributed by atoms with van der Waals surface area (Å²) in [6.45, 7) is 6.72. The minimum Gasteiger partial charge on any atom is -0.411 e. The quantitative estimate of drug-likeness (QED) is 0.509. The van der Waals surface area contributed by atoms with Crippen LogP contribution in [0.4, 0.5) is 0 Å². The fraction of sp³-hybridized carbons (Fsp3) is 0.462. The molecular weight excluding hydrogens is 186 g/mol. The van der Waals surface area contributed by atoms with Gasteiger partial charge in [-0.3, -0.25) is 0 Å². The van der Waals surface area contributed by atoms with E-state index in [-0.39, 0.29) is 5.41 Å². The fourth-order valence-corrected chi connectivity index (χ4v) is 2.31. The molecule has 1 aromatic rings. The zero-order valence-corrected chi connectivity index (χ0v) is 9.49. The van der Waals surface area contributed by atoms with Crippen LogP contribution in [0.25, 0.3) is 0 Å². The lowest BCUT2D eigenvalue weighted by atomic mass is 9.66. The highest BCUT2D eigenvalue weighted by Gasteiger charge is 2.36. The molecule has 0 heterocycles. The van der Waals surface area contributed by atoms with E-state index in [4.69, 9.17) is 5.21 Å². The predicted octanol–water partition coefficient (Wildman–Crippen LogP) is 3.18. The van der Waals surface area contributed by atoms with Gasteiger partial charge in [-0.2, -0.15) is 0 Å². The van der Waals surface area contributed by atoms with Crippen LogP contribution in [0.2, 0.25) is 0 Å². The van der Waals surface area contributed by atoms with E-state index < -0.39 is 0 Å². The van der Waals surface area contributed by atoms with Gasteiger partial charge in [-0.05, 0) is 23.3 Å². The van der Waals surface area contributed by atoms with Crippen molar-refractivity contribution in [3.05, 3.63) is 35.4 Å². The molecule has 1 aromatic carbocycles. The first-order valence-corrected chi connectivity index (χ1v) is 5.38. The maximum atomic E-state index is 9.01. The van der Waals surface area contributed by atoms with Crippen LogP contribution in [0.1, 0.15) is 38.3 Å². The van der Waals surface area contributed by atoms with Gasteiger partial charge in [0.2, 0.25) is 0 Å². The number of benzene rings is 1. The second kappa shape index (κ2) is 3.37. The van der Waals surface area contributed by atoms with E-state index in [0.717, 1.165) is 17.7 Å². The van der Waals surface area contributed by atoms with Crippen molar-refractivity contribution in [3.8, 4) is 0 Å². The van der Waals surface area contributed by atoms with Crippen molar-refractivity contribution in [2.75, 3.05) is 0 Å². The van der Waals surface area contributed by atoms with Gasteiger partial charge in [0.15, 0.2) is 0 Å². The first-order chi connectivity index (χ1) is 7.07. The van der Waals surface area contributed by atoms with E-state index in [1.807, 2.05) is 18.2 Å². The van der Waals surface area contributed by atoms with Gasteiger partial charge < -0.3 is 5.21 Å². The summed E-state index contributed by atoms with van der Waals surface area (Å²) in [5.74, 6) is 0.498. The van der Waals surface area contributed by atoms with Crippen molar-refractivity contribution in [2.45, 2.75) is 32.6 Å². The average molecular weight is 203 g/mol. The normalized spacial score (nSPS) is 26.3. The Morgan fingerprint density at radius 2 is 2.00 bits per heavy atom. The Bertz CT molecular complexity index is 407. The second-order valence-electron chi connectivity index (χ2n) is 4.92. The van der Waals surface area contributed by atoms with Crippen LogP contribution in [0.15, 0.2) is 29.4 Å². The van der Waals surface area contributed by atoms with Crippen LogP contribution in [-0.2, 0) is 5.41 Å². The number of fused-ring (bicyclic) bond motifs is 1. The van der Waals surface area contributed by atoms with Crippen molar-refractivity contribution in [3.63, 3.8) is 0 Å². The third kappa shape index (κ3) is 1.44. The monoisotopic (exact) mass is 203 g/mol. The van der Waals surface area contributed by atoms with Crippen LogP contribution < -0.4 is 0 Å². The molecule has 0 radical (unpaired) electrons. The summed E-state index contributed by atoms with van der Waals surface area (Å²) in [6, 6.07) is 8.22. The molecule has 0 aliphatic heterocycles. The van der Waals surface area contributed by atoms with Gasteiger partial charge in [0.1, 0.15) is 0 Å². The Balaban J connectivity index is 2.64. The lowest BCUT2D eigenvalue weighted by molar-refractivity contribution is 0.304. The first kappa shape index (κ1) is 10.2. The van der Waals surface area contributed by atoms with Gasteiger partial charge in [0.25, 0.3) is 0 Å². The summed E-state index contributed by atoms with van der Waals surface area (Å²) in [5, 5.41) is 12.4. The lowest BCUT2D eigenvalue weighted by Gasteiger charge is -2.38. The Labute approximate surface area is 90.6 Å². The average Bonchev–Trinajstić information content (AvgIpc) is 2.24. The molecule has 0 spiro atoms. The first-order valence-electron chi connectivity index (χ1n) is 5.38. The third-order valence-electron chi connectivity index (χ3n) is 3.78. The molecule has 1 atom stereocenters. The maximum absolute atomic E-state index is 9.01. The van der Waals surface area contributed by atoms with E-state index in [2.05, 4.69) is 32.0 Å². The van der Waals surface area contributed by atoms with Crippen LogP contribution in [0.5, 0.6) is 0 Å². The molecule has 0 bridgehead atoms. The second-order valence-corrected chi connectivity index (χ2v) is 4.92. The minimum atomic E-state index is 0.158. The van der Waals surface area contributed by atoms with Gasteiger partial charge in [-0.1, -0.05) is 50.2 Å². The molecule has 2 heteroatoms. The summed E-state index contributed by atoms with van der Waals surface area (Å²) in [7, 11) is 0. The van der Waals surface area contributed by atoms with E-state index >= 15 is 0 Å². The maximum Gasteiger partial charge on any atom is 0.0873 e. The molecule has 15 heavy (non-hydrogen) atoms. The number of hydrogen-bond acceptors (Lipinski definition) is 2. The van der Waals surface area contributed by atoms with Crippen LogP contribution in [0.3, 0.4) is 0 Å². The molecule has 80 valence electrons. The molecular formula is C13H17NO. The van der Waals surface area contributed by atoms with E-state index in [0.29, 0.717) is 5.92 Å². The van der Waals surface area contributed by atoms with E-state index in [9.17, 15) is 0 Å². The molecule has 1 unspecified atom stereocenters. The van der Waals surface area contributed by atoms with Gasteiger partial charge in [-0.25, -0.2) is 0 Å². The lowest BCUT2D eigenvalue weighted by Crippen LogP contribution is -2.35. The highest BCUT2D eigenvalue weighted by Crippen LogP contribution is 2.40. The molecule has 0 aromatic heterocycles. The molecule has 1 aliphatic carbocycles. The SMILES string of the molecule is CC1CC(=NO)c2ccccc2C1(C)C. The van der Waals surface area contributed by atoms with E-state index in [1.54, 1.807) is 0 Å². The molecule has 2 rings (SSSR count). The van der Waals surface area contributed by atoms with Gasteiger partial charge in [-0.15, -0.1) is 0 Å². The summed E-state index contributed by atoms with van der Waals surface area (Å²) in [4.78, 5) is 0. The highest BCUT2D eigenvalue weighted by atomic mass is 16.4. The number of hydrogen-bond donors (Lipinski definition) is 1. The molecule has 1 aliphatic rings. The standard InChI is InChI=1S/C13H17NO/c1-9-8-12(14-15)10-6-4-5-7-11(10)13(9,2)3/h4-7,9,15H,8H2,1-3H3. The third-order valence-corrected chi connectivity index (χ3v) is 3.78. The summed E-state index contributed by atoms with van der Waals surface area (Å²) >= 11 is 0. The largest absolute Gasteiger partial charge is 0.411 e. The van der Waals surface area contributed by atoms with Crippen molar-refractivity contribution in [1.82, 2.24) is 0 Å². The Hall–Kier alpha value is -1.31. The van der Waals surface area contributed by atoms with Crippen molar-refractivity contribution >= 4 is 5.71 Å². The van der Waals surface area contributed by atoms with Gasteiger partial charge in [0.05, 0.1) is 5.71 Å². The number of rotatable bonds is 0. The van der Waals surface area contributed by atoms with Crippen LogP contribution in [-0.4, -0.2) is 10.9 Å². The van der Waals surface area contributed by atoms with E-state index in [1.165, 1.54) is 5.56 Å². The predicted molar refractivity (Wildman–Crippen MR) is 61.6 cm³/mol. The van der Waals surface area contributed by atoms with Crippen molar-refractivity contribution in [2.24, 2.45) is 11.1 Å².